The fraction of sp³-hybridized carbons (Fsp3) is 0.257. The van der Waals surface area contributed by atoms with E-state index in [1.807, 2.05) is 0 Å². The maximum Gasteiger partial charge on any atom is 0.251 e. The van der Waals surface area contributed by atoms with Gasteiger partial charge in [-0.1, -0.05) is 23.7 Å². The van der Waals surface area contributed by atoms with Gasteiger partial charge in [0.1, 0.15) is 52.3 Å². The first-order chi connectivity index (χ1) is 23.6. The van der Waals surface area contributed by atoms with Crippen LogP contribution in [-0.2, 0) is 15.8 Å². The van der Waals surface area contributed by atoms with Crippen molar-refractivity contribution in [3.05, 3.63) is 105 Å². The molecule has 0 bridgehead atoms. The highest BCUT2D eigenvalue weighted by Gasteiger charge is 2.46. The molecule has 1 aliphatic carbocycles. The summed E-state index contributed by atoms with van der Waals surface area (Å²) in [6.07, 6.45) is 1.73. The van der Waals surface area contributed by atoms with Gasteiger partial charge in [0.05, 0.1) is 30.1 Å². The summed E-state index contributed by atoms with van der Waals surface area (Å²) in [4.78, 5) is 34.8. The van der Waals surface area contributed by atoms with Crippen molar-refractivity contribution in [2.24, 2.45) is 10.7 Å². The molecule has 2 atom stereocenters. The van der Waals surface area contributed by atoms with E-state index in [1.54, 1.807) is 0 Å². The van der Waals surface area contributed by atoms with Crippen molar-refractivity contribution in [1.29, 1.82) is 0 Å². The third kappa shape index (κ3) is 6.20. The Morgan fingerprint density at radius 2 is 1.84 bits per heavy atom. The number of anilines is 1. The Morgan fingerprint density at radius 1 is 1.14 bits per heavy atom. The quantitative estimate of drug-likeness (QED) is 0.0586. The molecule has 2 heterocycles. The number of pyridine rings is 1. The van der Waals surface area contributed by atoms with Gasteiger partial charge in [0.2, 0.25) is 5.91 Å². The number of primary amides is 1. The minimum atomic E-state index is -2.29. The van der Waals surface area contributed by atoms with Crippen LogP contribution in [-0.4, -0.2) is 54.2 Å². The summed E-state index contributed by atoms with van der Waals surface area (Å²) in [6.45, 7) is 0.587. The molecule has 6 N–H and O–H groups in total. The number of ether oxygens (including phenoxy) is 2. The minimum Gasteiger partial charge on any atom is -0.495 e. The van der Waals surface area contributed by atoms with Gasteiger partial charge in [-0.15, -0.1) is 0 Å². The number of rotatable bonds is 10. The highest BCUT2D eigenvalue weighted by molar-refractivity contribution is 6.31. The van der Waals surface area contributed by atoms with E-state index < -0.39 is 57.6 Å². The maximum atomic E-state index is 15.3. The normalized spacial score (nSPS) is 18.6. The summed E-state index contributed by atoms with van der Waals surface area (Å²) >= 11 is 6.00. The molecule has 10 nitrogen and oxygen atoms in total. The second kappa shape index (κ2) is 12.6. The largest absolute Gasteiger partial charge is 0.495 e. The lowest BCUT2D eigenvalue weighted by molar-refractivity contribution is -0.123. The molecular formula is C35H30ClF4N5O5. The number of methoxy groups -OCH3 is 1. The topological polar surface area (TPSA) is 162 Å². The second-order valence-electron chi connectivity index (χ2n) is 12.4. The van der Waals surface area contributed by atoms with E-state index in [2.05, 4.69) is 15.3 Å². The van der Waals surface area contributed by atoms with Crippen LogP contribution < -0.4 is 26.3 Å². The lowest BCUT2D eigenvalue weighted by atomic mass is 9.80. The number of aliphatic hydroxyl groups is 1. The number of hydrogen-bond donors (Lipinski definition) is 4. The number of amides is 2. The van der Waals surface area contributed by atoms with Crippen LogP contribution in [0.1, 0.15) is 52.5 Å². The van der Waals surface area contributed by atoms with Crippen LogP contribution in [0.5, 0.6) is 11.5 Å². The number of carbonyl (C=O) groups is 2. The number of aliphatic imine (C=N–C) groups is 1. The Hall–Kier alpha value is -5.21. The first-order valence-electron chi connectivity index (χ1n) is 15.2. The van der Waals surface area contributed by atoms with Crippen LogP contribution in [0.2, 0.25) is 5.02 Å². The Morgan fingerprint density at radius 3 is 2.48 bits per heavy atom. The highest BCUT2D eigenvalue weighted by Crippen LogP contribution is 2.47. The molecule has 260 valence electrons. The van der Waals surface area contributed by atoms with E-state index in [-0.39, 0.29) is 75.8 Å². The number of nitrogens with one attached hydrogen (secondary N) is 1. The van der Waals surface area contributed by atoms with Gasteiger partial charge in [0, 0.05) is 47.4 Å². The summed E-state index contributed by atoms with van der Waals surface area (Å²) in [7, 11) is 1.33. The molecule has 2 amide bonds. The van der Waals surface area contributed by atoms with E-state index >= 15 is 4.39 Å². The molecule has 1 fully saturated rings. The molecule has 2 aliphatic rings. The van der Waals surface area contributed by atoms with Crippen LogP contribution >= 0.6 is 11.6 Å². The number of halogens is 5. The minimum absolute atomic E-state index is 0.00277. The SMILES string of the molecule is COc1cc(C(=O)NC[C@@](O)(c2ccc(F)cc2)c2cc3c(c(-c4cc(Cl)c(F)cc4F)n2)OC[C@]3(C)C(N)=O)cc(/C=N/C2(F)CC2)c1N. The van der Waals surface area contributed by atoms with E-state index in [9.17, 15) is 27.9 Å². The molecule has 1 saturated carbocycles. The van der Waals surface area contributed by atoms with Gasteiger partial charge in [0.25, 0.3) is 5.91 Å². The van der Waals surface area contributed by atoms with E-state index in [0.29, 0.717) is 6.07 Å². The van der Waals surface area contributed by atoms with Gasteiger partial charge < -0.3 is 31.4 Å². The van der Waals surface area contributed by atoms with Gasteiger partial charge in [-0.25, -0.2) is 22.5 Å². The number of nitrogens with two attached hydrogens (primary N) is 2. The van der Waals surface area contributed by atoms with E-state index in [4.69, 9.17) is 32.5 Å². The monoisotopic (exact) mass is 711 g/mol. The first kappa shape index (κ1) is 34.6. The first-order valence-corrected chi connectivity index (χ1v) is 15.6. The number of nitrogen functional groups attached to an aromatic ring is 1. The van der Waals surface area contributed by atoms with E-state index in [1.165, 1.54) is 50.6 Å². The fourth-order valence-corrected chi connectivity index (χ4v) is 5.70. The number of alkyl halides is 1. The zero-order chi connectivity index (χ0) is 36.2. The number of hydrogen-bond acceptors (Lipinski definition) is 8. The summed E-state index contributed by atoms with van der Waals surface area (Å²) in [5.74, 6) is -5.97. The van der Waals surface area contributed by atoms with Crippen LogP contribution in [0.3, 0.4) is 0 Å². The Labute approximate surface area is 288 Å². The van der Waals surface area contributed by atoms with Crippen molar-refractivity contribution in [3.8, 4) is 22.8 Å². The zero-order valence-electron chi connectivity index (χ0n) is 26.6. The zero-order valence-corrected chi connectivity index (χ0v) is 27.4. The van der Waals surface area contributed by atoms with Gasteiger partial charge in [-0.05, 0) is 48.9 Å². The fourth-order valence-electron chi connectivity index (χ4n) is 5.53. The third-order valence-electron chi connectivity index (χ3n) is 8.89. The molecule has 4 aromatic rings. The molecule has 0 spiro atoms. The number of nitrogens with zero attached hydrogens (tertiary/aromatic N) is 2. The van der Waals surface area contributed by atoms with Crippen molar-refractivity contribution in [3.63, 3.8) is 0 Å². The summed E-state index contributed by atoms with van der Waals surface area (Å²) in [5, 5.41) is 14.6. The number of fused-ring (bicyclic) bond motifs is 1. The number of aromatic nitrogens is 1. The molecule has 1 aliphatic heterocycles. The van der Waals surface area contributed by atoms with Gasteiger partial charge >= 0.3 is 0 Å². The summed E-state index contributed by atoms with van der Waals surface area (Å²) < 4.78 is 68.9. The second-order valence-corrected chi connectivity index (χ2v) is 12.8. The number of carbonyl (C=O) groups excluding carboxylic acids is 2. The average molecular weight is 712 g/mol. The molecule has 1 aromatic heterocycles. The van der Waals surface area contributed by atoms with Crippen molar-refractivity contribution in [2.45, 2.75) is 36.6 Å². The average Bonchev–Trinajstić information content (AvgIpc) is 3.73. The molecule has 50 heavy (non-hydrogen) atoms. The third-order valence-corrected chi connectivity index (χ3v) is 9.18. The van der Waals surface area contributed by atoms with Crippen LogP contribution in [0, 0.1) is 17.5 Å². The lowest BCUT2D eigenvalue weighted by Gasteiger charge is -2.30. The molecule has 0 unspecified atom stereocenters. The molecule has 15 heteroatoms. The lowest BCUT2D eigenvalue weighted by Crippen LogP contribution is -2.43. The summed E-state index contributed by atoms with van der Waals surface area (Å²) in [6, 6.07) is 10.2. The predicted molar refractivity (Wildman–Crippen MR) is 176 cm³/mol. The Balaban J connectivity index is 1.47. The van der Waals surface area contributed by atoms with E-state index in [0.717, 1.165) is 18.2 Å². The molecule has 0 saturated heterocycles. The van der Waals surface area contributed by atoms with Gasteiger partial charge in [-0.2, -0.15) is 0 Å². The van der Waals surface area contributed by atoms with Gasteiger partial charge in [0.15, 0.2) is 5.79 Å². The number of benzene rings is 3. The van der Waals surface area contributed by atoms with Crippen LogP contribution in [0.25, 0.3) is 11.3 Å². The molecule has 0 radical (unpaired) electrons. The van der Waals surface area contributed by atoms with Crippen LogP contribution in [0.4, 0.5) is 23.2 Å². The highest BCUT2D eigenvalue weighted by atomic mass is 35.5. The summed E-state index contributed by atoms with van der Waals surface area (Å²) in [5.41, 5.74) is 7.80. The standard InChI is InChI=1S/C35H30ClF4N5O5/c1-33(32(42)47)16-50-30-22(33)12-27(45-29(30)21-11-23(36)25(39)13-24(21)38)35(48,19-3-5-20(37)6-4-19)15-43-31(46)17-9-18(14-44-34(40)7-8-34)28(41)26(10-17)49-2/h3-6,9-14,48H,7-8,15-16,41H2,1-2H3,(H2,42,47)(H,43,46)/b44-14+/t33-,35+/m0/s1. The van der Waals surface area contributed by atoms with Crippen molar-refractivity contribution in [1.82, 2.24) is 10.3 Å². The van der Waals surface area contributed by atoms with Crippen molar-refractivity contribution >= 4 is 35.3 Å². The van der Waals surface area contributed by atoms with Crippen molar-refractivity contribution in [2.75, 3.05) is 26.0 Å². The maximum absolute atomic E-state index is 15.3. The van der Waals surface area contributed by atoms with Crippen LogP contribution in [0.15, 0.2) is 59.6 Å². The van der Waals surface area contributed by atoms with Crippen molar-refractivity contribution < 1.29 is 41.7 Å². The Bertz CT molecular complexity index is 2080. The van der Waals surface area contributed by atoms with Gasteiger partial charge in [-0.3, -0.25) is 14.6 Å². The molecule has 3 aromatic carbocycles. The predicted octanol–water partition coefficient (Wildman–Crippen LogP) is 5.09. The smallest absolute Gasteiger partial charge is 0.251 e. The molecular weight excluding hydrogens is 682 g/mol. The Kier molecular flexibility index (Phi) is 8.73. The molecule has 6 rings (SSSR count).